The lowest BCUT2D eigenvalue weighted by atomic mass is 10.0. The Hall–Kier alpha value is -1.55. The lowest BCUT2D eigenvalue weighted by molar-refractivity contribution is -0.151. The number of hydrogen-bond donors (Lipinski definition) is 0. The summed E-state index contributed by atoms with van der Waals surface area (Å²) < 4.78 is 10.2. The van der Waals surface area contributed by atoms with Crippen LogP contribution >= 0.6 is 11.6 Å². The number of unbranched alkanes of at least 4 members (excludes halogenated alkanes) is 13. The van der Waals surface area contributed by atoms with Crippen LogP contribution in [0.3, 0.4) is 0 Å². The average Bonchev–Trinajstić information content (AvgIpc) is 2.80. The zero-order chi connectivity index (χ0) is 22.7. The second-order valence-electron chi connectivity index (χ2n) is 8.23. The number of carbonyl (C=O) groups excluding carboxylic acids is 2. The highest BCUT2D eigenvalue weighted by atomic mass is 35.5. The third-order valence-corrected chi connectivity index (χ3v) is 6.01. The second kappa shape index (κ2) is 18.1. The van der Waals surface area contributed by atoms with Gasteiger partial charge in [0.05, 0.1) is 13.7 Å². The number of esters is 1. The molecular weight excluding hydrogens is 412 g/mol. The summed E-state index contributed by atoms with van der Waals surface area (Å²) in [7, 11) is 1.16. The van der Waals surface area contributed by atoms with Crippen LogP contribution in [-0.4, -0.2) is 25.5 Å². The molecule has 0 N–H and O–H groups in total. The molecule has 1 aromatic rings. The number of alkyl halides is 1. The smallest absolute Gasteiger partial charge is 0.376 e. The van der Waals surface area contributed by atoms with Crippen molar-refractivity contribution < 1.29 is 19.1 Å². The first-order valence-electron chi connectivity index (χ1n) is 12.1. The number of Topliss-reactive ketones (excluding diaryl/α,β-unsaturated/α-hetero) is 1. The van der Waals surface area contributed by atoms with Crippen molar-refractivity contribution >= 4 is 23.4 Å². The van der Waals surface area contributed by atoms with E-state index in [0.717, 1.165) is 19.3 Å². The van der Waals surface area contributed by atoms with Crippen molar-refractivity contribution in [1.29, 1.82) is 0 Å². The van der Waals surface area contributed by atoms with Crippen molar-refractivity contribution in [2.24, 2.45) is 0 Å². The van der Waals surface area contributed by atoms with E-state index in [-0.39, 0.29) is 0 Å². The predicted octanol–water partition coefficient (Wildman–Crippen LogP) is 7.57. The molecule has 5 heteroatoms. The van der Waals surface area contributed by atoms with Gasteiger partial charge in [0, 0.05) is 0 Å². The number of benzene rings is 1. The number of ketones is 1. The summed E-state index contributed by atoms with van der Waals surface area (Å²) in [5.41, 5.74) is 0.556. The molecule has 0 amide bonds. The maximum Gasteiger partial charge on any atom is 0.376 e. The van der Waals surface area contributed by atoms with Gasteiger partial charge in [0.2, 0.25) is 0 Å². The van der Waals surface area contributed by atoms with E-state index in [1.807, 2.05) is 0 Å². The predicted molar refractivity (Wildman–Crippen MR) is 128 cm³/mol. The van der Waals surface area contributed by atoms with Crippen LogP contribution in [0.2, 0.25) is 0 Å². The van der Waals surface area contributed by atoms with E-state index >= 15 is 0 Å². The third kappa shape index (κ3) is 12.8. The Labute approximate surface area is 194 Å². The van der Waals surface area contributed by atoms with E-state index < -0.39 is 17.1 Å². The van der Waals surface area contributed by atoms with Gasteiger partial charge in [-0.15, -0.1) is 11.6 Å². The first-order chi connectivity index (χ1) is 15.1. The lowest BCUT2D eigenvalue weighted by Crippen LogP contribution is -2.20. The Kier molecular flexibility index (Phi) is 16.0. The molecule has 0 aliphatic carbocycles. The standard InChI is InChI=1S/C26H41ClO4/c1-3-4-5-6-7-8-9-10-11-12-13-14-15-16-21-31-23-19-17-22(18-20-23)24(27)25(28)26(29)30-2/h17-20,24H,3-16,21H2,1-2H3. The van der Waals surface area contributed by atoms with Crippen molar-refractivity contribution in [3.8, 4) is 5.75 Å². The Balaban J connectivity index is 2.00. The molecule has 0 saturated heterocycles. The maximum absolute atomic E-state index is 11.8. The lowest BCUT2D eigenvalue weighted by Gasteiger charge is -2.10. The Morgan fingerprint density at radius 3 is 1.68 bits per heavy atom. The van der Waals surface area contributed by atoms with Gasteiger partial charge in [-0.3, -0.25) is 4.79 Å². The Morgan fingerprint density at radius 1 is 0.774 bits per heavy atom. The SMILES string of the molecule is CCCCCCCCCCCCCCCCOc1ccc(C(Cl)C(=O)C(=O)OC)cc1. The molecular formula is C26H41ClO4. The molecule has 0 heterocycles. The van der Waals surface area contributed by atoms with Gasteiger partial charge < -0.3 is 9.47 Å². The van der Waals surface area contributed by atoms with Crippen molar-refractivity contribution in [3.63, 3.8) is 0 Å². The third-order valence-electron chi connectivity index (χ3n) is 5.56. The fourth-order valence-electron chi connectivity index (χ4n) is 3.58. The van der Waals surface area contributed by atoms with Gasteiger partial charge in [0.25, 0.3) is 5.78 Å². The van der Waals surface area contributed by atoms with Gasteiger partial charge in [-0.25, -0.2) is 4.79 Å². The van der Waals surface area contributed by atoms with Crippen LogP contribution in [0.4, 0.5) is 0 Å². The average molecular weight is 453 g/mol. The molecule has 0 aliphatic heterocycles. The minimum atomic E-state index is -1.03. The van der Waals surface area contributed by atoms with E-state index in [1.54, 1.807) is 24.3 Å². The highest BCUT2D eigenvalue weighted by molar-refractivity contribution is 6.47. The molecule has 0 radical (unpaired) electrons. The van der Waals surface area contributed by atoms with Gasteiger partial charge in [0.15, 0.2) is 0 Å². The van der Waals surface area contributed by atoms with Crippen LogP contribution in [0.5, 0.6) is 5.75 Å². The molecule has 0 bridgehead atoms. The largest absolute Gasteiger partial charge is 0.494 e. The van der Waals surface area contributed by atoms with E-state index in [2.05, 4.69) is 11.7 Å². The van der Waals surface area contributed by atoms with Crippen molar-refractivity contribution in [2.75, 3.05) is 13.7 Å². The van der Waals surface area contributed by atoms with Crippen LogP contribution in [-0.2, 0) is 14.3 Å². The molecule has 1 atom stereocenters. The number of halogens is 1. The normalized spacial score (nSPS) is 11.8. The Morgan fingerprint density at radius 2 is 1.23 bits per heavy atom. The van der Waals surface area contributed by atoms with Crippen LogP contribution in [0, 0.1) is 0 Å². The van der Waals surface area contributed by atoms with Crippen LogP contribution in [0.15, 0.2) is 24.3 Å². The summed E-state index contributed by atoms with van der Waals surface area (Å²) in [6.45, 7) is 2.95. The molecule has 0 saturated carbocycles. The summed E-state index contributed by atoms with van der Waals surface area (Å²) in [5, 5.41) is -1.03. The summed E-state index contributed by atoms with van der Waals surface area (Å²) in [6, 6.07) is 6.97. The monoisotopic (exact) mass is 452 g/mol. The van der Waals surface area contributed by atoms with Crippen LogP contribution in [0.1, 0.15) is 108 Å². The molecule has 0 fully saturated rings. The fourth-order valence-corrected chi connectivity index (χ4v) is 3.81. The zero-order valence-corrected chi connectivity index (χ0v) is 20.3. The van der Waals surface area contributed by atoms with Gasteiger partial charge in [0.1, 0.15) is 11.1 Å². The molecule has 1 rings (SSSR count). The molecule has 1 unspecified atom stereocenters. The fraction of sp³-hybridized carbons (Fsp3) is 0.692. The molecule has 176 valence electrons. The highest BCUT2D eigenvalue weighted by Gasteiger charge is 2.25. The van der Waals surface area contributed by atoms with Crippen molar-refractivity contribution in [1.82, 2.24) is 0 Å². The molecule has 1 aromatic carbocycles. The molecule has 31 heavy (non-hydrogen) atoms. The van der Waals surface area contributed by atoms with Crippen LogP contribution < -0.4 is 4.74 Å². The van der Waals surface area contributed by atoms with E-state index in [9.17, 15) is 9.59 Å². The Bertz CT molecular complexity index is 600. The number of hydrogen-bond acceptors (Lipinski definition) is 4. The minimum absolute atomic E-state index is 0.556. The van der Waals surface area contributed by atoms with E-state index in [0.29, 0.717) is 12.2 Å². The molecule has 0 aromatic heterocycles. The van der Waals surface area contributed by atoms with Gasteiger partial charge in [-0.05, 0) is 24.1 Å². The second-order valence-corrected chi connectivity index (χ2v) is 8.67. The van der Waals surface area contributed by atoms with Crippen LogP contribution in [0.25, 0.3) is 0 Å². The topological polar surface area (TPSA) is 52.6 Å². The summed E-state index contributed by atoms with van der Waals surface area (Å²) >= 11 is 6.04. The number of rotatable bonds is 19. The maximum atomic E-state index is 11.8. The molecule has 0 spiro atoms. The summed E-state index contributed by atoms with van der Waals surface area (Å²) in [5.74, 6) is -0.953. The molecule has 4 nitrogen and oxygen atoms in total. The minimum Gasteiger partial charge on any atom is -0.494 e. The highest BCUT2D eigenvalue weighted by Crippen LogP contribution is 2.24. The first-order valence-corrected chi connectivity index (χ1v) is 12.5. The molecule has 0 aliphatic rings. The van der Waals surface area contributed by atoms with Gasteiger partial charge in [-0.1, -0.05) is 103 Å². The quantitative estimate of drug-likeness (QED) is 0.0939. The van der Waals surface area contributed by atoms with Crippen molar-refractivity contribution in [2.45, 2.75) is 102 Å². The number of ether oxygens (including phenoxy) is 2. The van der Waals surface area contributed by atoms with E-state index in [4.69, 9.17) is 16.3 Å². The summed E-state index contributed by atoms with van der Waals surface area (Å²) in [6.07, 6.45) is 18.7. The van der Waals surface area contributed by atoms with E-state index in [1.165, 1.54) is 83.5 Å². The van der Waals surface area contributed by atoms with Gasteiger partial charge in [-0.2, -0.15) is 0 Å². The zero-order valence-electron chi connectivity index (χ0n) is 19.5. The number of carbonyl (C=O) groups is 2. The van der Waals surface area contributed by atoms with Gasteiger partial charge >= 0.3 is 5.97 Å². The number of methoxy groups -OCH3 is 1. The first kappa shape index (κ1) is 27.5. The summed E-state index contributed by atoms with van der Waals surface area (Å²) in [4.78, 5) is 23.0. The van der Waals surface area contributed by atoms with Crippen molar-refractivity contribution in [3.05, 3.63) is 29.8 Å².